The molecule has 0 aliphatic heterocycles. The Labute approximate surface area is 128 Å². The van der Waals surface area contributed by atoms with Gasteiger partial charge in [-0.2, -0.15) is 0 Å². The lowest BCUT2D eigenvalue weighted by Gasteiger charge is -2.27. The monoisotopic (exact) mass is 297 g/mol. The quantitative estimate of drug-likeness (QED) is 0.750. The van der Waals surface area contributed by atoms with Gasteiger partial charge in [0.1, 0.15) is 0 Å². The molecular weight excluding hydrogens is 266 g/mol. The first-order valence-corrected chi connectivity index (χ1v) is 8.25. The second-order valence-corrected chi connectivity index (χ2v) is 6.45. The average molecular weight is 297 g/mol. The maximum Gasteiger partial charge on any atom is 0.239 e. The fourth-order valence-corrected chi connectivity index (χ4v) is 2.88. The normalized spacial score (nSPS) is 22.1. The minimum absolute atomic E-state index is 0.0798. The van der Waals surface area contributed by atoms with Crippen molar-refractivity contribution in [2.75, 3.05) is 13.1 Å². The van der Waals surface area contributed by atoms with E-state index in [1.165, 1.54) is 0 Å². The van der Waals surface area contributed by atoms with Crippen LogP contribution in [-0.2, 0) is 9.59 Å². The number of carbonyl (C=O) groups is 2. The number of nitrogens with zero attached hydrogens (tertiary/aromatic N) is 1. The van der Waals surface area contributed by atoms with E-state index in [0.717, 1.165) is 32.1 Å². The van der Waals surface area contributed by atoms with Gasteiger partial charge >= 0.3 is 0 Å². The molecule has 0 spiro atoms. The second kappa shape index (κ2) is 9.03. The summed E-state index contributed by atoms with van der Waals surface area (Å²) in [6.45, 7) is 6.51. The first kappa shape index (κ1) is 18.0. The number of hydrogen-bond acceptors (Lipinski definition) is 3. The van der Waals surface area contributed by atoms with Crippen LogP contribution >= 0.6 is 0 Å². The summed E-state index contributed by atoms with van der Waals surface area (Å²) in [5.41, 5.74) is 5.90. The van der Waals surface area contributed by atoms with Gasteiger partial charge in [-0.05, 0) is 58.8 Å². The van der Waals surface area contributed by atoms with E-state index in [9.17, 15) is 9.59 Å². The summed E-state index contributed by atoms with van der Waals surface area (Å²) < 4.78 is 0. The largest absolute Gasteiger partial charge is 0.352 e. The maximum atomic E-state index is 12.2. The molecule has 1 fully saturated rings. The molecule has 1 rings (SSSR count). The highest BCUT2D eigenvalue weighted by Gasteiger charge is 2.21. The van der Waals surface area contributed by atoms with Gasteiger partial charge < -0.3 is 16.0 Å². The number of rotatable bonds is 7. The Morgan fingerprint density at radius 2 is 1.86 bits per heavy atom. The first-order chi connectivity index (χ1) is 9.92. The Hall–Kier alpha value is -1.10. The lowest BCUT2D eigenvalue weighted by atomic mass is 9.84. The minimum Gasteiger partial charge on any atom is -0.352 e. The van der Waals surface area contributed by atoms with Crippen LogP contribution in [0.25, 0.3) is 0 Å². The molecule has 3 N–H and O–H groups in total. The minimum atomic E-state index is -0.0798. The zero-order valence-corrected chi connectivity index (χ0v) is 13.7. The van der Waals surface area contributed by atoms with Crippen LogP contribution in [0, 0.1) is 5.92 Å². The average Bonchev–Trinajstić information content (AvgIpc) is 2.43. The maximum absolute atomic E-state index is 12.2. The van der Waals surface area contributed by atoms with E-state index in [2.05, 4.69) is 5.32 Å². The van der Waals surface area contributed by atoms with Gasteiger partial charge in [-0.15, -0.1) is 0 Å². The van der Waals surface area contributed by atoms with E-state index in [0.29, 0.717) is 24.9 Å². The molecule has 0 aromatic carbocycles. The van der Waals surface area contributed by atoms with Crippen molar-refractivity contribution in [2.24, 2.45) is 11.7 Å². The molecule has 0 atom stereocenters. The highest BCUT2D eigenvalue weighted by Crippen LogP contribution is 2.27. The third-order valence-electron chi connectivity index (χ3n) is 4.18. The molecule has 0 heterocycles. The molecular formula is C16H31N3O2. The molecule has 0 saturated heterocycles. The summed E-state index contributed by atoms with van der Waals surface area (Å²) in [4.78, 5) is 25.6. The zero-order valence-electron chi connectivity index (χ0n) is 13.7. The molecule has 0 bridgehead atoms. The van der Waals surface area contributed by atoms with Gasteiger partial charge in [0.15, 0.2) is 0 Å². The van der Waals surface area contributed by atoms with E-state index in [4.69, 9.17) is 5.73 Å². The van der Waals surface area contributed by atoms with Gasteiger partial charge in [-0.1, -0.05) is 0 Å². The Kier molecular flexibility index (Phi) is 7.72. The molecule has 0 radical (unpaired) electrons. The number of amides is 2. The molecule has 5 nitrogen and oxygen atoms in total. The van der Waals surface area contributed by atoms with Crippen molar-refractivity contribution in [3.05, 3.63) is 0 Å². The molecule has 1 aliphatic carbocycles. The number of carbonyl (C=O) groups excluding carboxylic acids is 2. The number of hydrogen-bond donors (Lipinski definition) is 2. The van der Waals surface area contributed by atoms with Crippen LogP contribution in [-0.4, -0.2) is 41.9 Å². The van der Waals surface area contributed by atoms with E-state index in [1.807, 2.05) is 20.8 Å². The van der Waals surface area contributed by atoms with E-state index < -0.39 is 0 Å². The van der Waals surface area contributed by atoms with Crippen molar-refractivity contribution in [1.82, 2.24) is 10.2 Å². The first-order valence-electron chi connectivity index (χ1n) is 8.25. The van der Waals surface area contributed by atoms with Crippen LogP contribution in [0.4, 0.5) is 0 Å². The third kappa shape index (κ3) is 6.93. The lowest BCUT2D eigenvalue weighted by Crippen LogP contribution is -2.42. The number of likely N-dealkylation sites (N-methyl/N-ethyl adjacent to an activating group) is 1. The SMILES string of the molecule is CCN(CC(=O)NC(C)C)C(=O)CCC1CCC(N)CC1. The van der Waals surface area contributed by atoms with Crippen LogP contribution in [0.2, 0.25) is 0 Å². The fraction of sp³-hybridized carbons (Fsp3) is 0.875. The number of nitrogens with two attached hydrogens (primary N) is 1. The van der Waals surface area contributed by atoms with Gasteiger partial charge in [0, 0.05) is 25.0 Å². The summed E-state index contributed by atoms with van der Waals surface area (Å²) in [6.07, 6.45) is 5.89. The van der Waals surface area contributed by atoms with Crippen molar-refractivity contribution in [2.45, 2.75) is 71.4 Å². The summed E-state index contributed by atoms with van der Waals surface area (Å²) >= 11 is 0. The van der Waals surface area contributed by atoms with Gasteiger partial charge in [0.2, 0.25) is 11.8 Å². The van der Waals surface area contributed by atoms with Gasteiger partial charge in [0.05, 0.1) is 6.54 Å². The van der Waals surface area contributed by atoms with Crippen LogP contribution < -0.4 is 11.1 Å². The molecule has 0 aromatic heterocycles. The van der Waals surface area contributed by atoms with Crippen LogP contribution in [0.5, 0.6) is 0 Å². The van der Waals surface area contributed by atoms with Crippen molar-refractivity contribution >= 4 is 11.8 Å². The Morgan fingerprint density at radius 3 is 2.38 bits per heavy atom. The summed E-state index contributed by atoms with van der Waals surface area (Å²) in [5, 5.41) is 2.83. The fourth-order valence-electron chi connectivity index (χ4n) is 2.88. The highest BCUT2D eigenvalue weighted by atomic mass is 16.2. The zero-order chi connectivity index (χ0) is 15.8. The molecule has 21 heavy (non-hydrogen) atoms. The van der Waals surface area contributed by atoms with Gasteiger partial charge in [-0.25, -0.2) is 0 Å². The molecule has 0 aromatic rings. The van der Waals surface area contributed by atoms with Gasteiger partial charge in [0.25, 0.3) is 0 Å². The standard InChI is InChI=1S/C16H31N3O2/c1-4-19(11-15(20)18-12(2)3)16(21)10-7-13-5-8-14(17)9-6-13/h12-14H,4-11,17H2,1-3H3,(H,18,20). The van der Waals surface area contributed by atoms with Gasteiger partial charge in [-0.3, -0.25) is 9.59 Å². The van der Waals surface area contributed by atoms with Crippen LogP contribution in [0.1, 0.15) is 59.3 Å². The van der Waals surface area contributed by atoms with Crippen molar-refractivity contribution in [1.29, 1.82) is 0 Å². The van der Waals surface area contributed by atoms with Crippen molar-refractivity contribution in [3.8, 4) is 0 Å². The van der Waals surface area contributed by atoms with Crippen LogP contribution in [0.15, 0.2) is 0 Å². The second-order valence-electron chi connectivity index (χ2n) is 6.45. The topological polar surface area (TPSA) is 75.4 Å². The molecule has 1 saturated carbocycles. The lowest BCUT2D eigenvalue weighted by molar-refractivity contribution is -0.136. The summed E-state index contributed by atoms with van der Waals surface area (Å²) in [6, 6.07) is 0.460. The predicted molar refractivity (Wildman–Crippen MR) is 84.7 cm³/mol. The van der Waals surface area contributed by atoms with Crippen LogP contribution in [0.3, 0.4) is 0 Å². The van der Waals surface area contributed by atoms with E-state index in [1.54, 1.807) is 4.90 Å². The Balaban J connectivity index is 2.32. The molecule has 5 heteroatoms. The third-order valence-corrected chi connectivity index (χ3v) is 4.18. The highest BCUT2D eigenvalue weighted by molar-refractivity contribution is 5.84. The molecule has 0 unspecified atom stereocenters. The summed E-state index contributed by atoms with van der Waals surface area (Å²) in [7, 11) is 0. The Morgan fingerprint density at radius 1 is 1.24 bits per heavy atom. The van der Waals surface area contributed by atoms with E-state index >= 15 is 0 Å². The van der Waals surface area contributed by atoms with E-state index in [-0.39, 0.29) is 24.4 Å². The molecule has 2 amide bonds. The summed E-state index contributed by atoms with van der Waals surface area (Å²) in [5.74, 6) is 0.632. The Bertz CT molecular complexity index is 336. The van der Waals surface area contributed by atoms with Crippen molar-refractivity contribution in [3.63, 3.8) is 0 Å². The smallest absolute Gasteiger partial charge is 0.239 e. The molecule has 122 valence electrons. The predicted octanol–water partition coefficient (Wildman–Crippen LogP) is 1.66. The molecule has 1 aliphatic rings. The number of nitrogens with one attached hydrogen (secondary N) is 1. The van der Waals surface area contributed by atoms with Crippen molar-refractivity contribution < 1.29 is 9.59 Å².